The Kier molecular flexibility index (Phi) is 7.03. The van der Waals surface area contributed by atoms with Gasteiger partial charge in [-0.15, -0.1) is 10.2 Å². The van der Waals surface area contributed by atoms with Crippen LogP contribution in [0.25, 0.3) is 0 Å². The van der Waals surface area contributed by atoms with Crippen molar-refractivity contribution >= 4 is 45.7 Å². The molecule has 2 aromatic rings. The summed E-state index contributed by atoms with van der Waals surface area (Å²) in [5.74, 6) is 0.954. The molecular weight excluding hydrogens is 388 g/mol. The summed E-state index contributed by atoms with van der Waals surface area (Å²) in [6.45, 7) is 5.45. The standard InChI is InChI=1S/C17H22N4O4S2/c1-17(2,3)14(23)19-15-20-21-16(27-15)26-9-13(22)18-10-6-7-11(24-4)12(8-10)25-5/h6-8H,9H2,1-5H3,(H,18,22)(H,19,20,23). The van der Waals surface area contributed by atoms with Gasteiger partial charge in [-0.25, -0.2) is 0 Å². The third-order valence-corrected chi connectivity index (χ3v) is 5.27. The van der Waals surface area contributed by atoms with Crippen LogP contribution in [0.4, 0.5) is 10.8 Å². The number of anilines is 2. The number of amides is 2. The number of hydrogen-bond donors (Lipinski definition) is 2. The first kappa shape index (κ1) is 21.0. The Balaban J connectivity index is 1.88. The second kappa shape index (κ2) is 9.05. The molecule has 1 heterocycles. The van der Waals surface area contributed by atoms with Gasteiger partial charge in [-0.1, -0.05) is 43.9 Å². The Labute approximate surface area is 166 Å². The zero-order valence-electron chi connectivity index (χ0n) is 15.8. The molecule has 2 amide bonds. The first-order chi connectivity index (χ1) is 12.7. The van der Waals surface area contributed by atoms with Gasteiger partial charge in [-0.3, -0.25) is 9.59 Å². The Morgan fingerprint density at radius 3 is 2.44 bits per heavy atom. The quantitative estimate of drug-likeness (QED) is 0.533. The van der Waals surface area contributed by atoms with E-state index in [-0.39, 0.29) is 17.6 Å². The normalized spacial score (nSPS) is 11.0. The molecule has 1 aromatic carbocycles. The molecule has 27 heavy (non-hydrogen) atoms. The van der Waals surface area contributed by atoms with Crippen molar-refractivity contribution in [3.8, 4) is 11.5 Å². The summed E-state index contributed by atoms with van der Waals surface area (Å²) < 4.78 is 11.0. The van der Waals surface area contributed by atoms with Crippen molar-refractivity contribution in [1.82, 2.24) is 10.2 Å². The van der Waals surface area contributed by atoms with Crippen LogP contribution >= 0.6 is 23.1 Å². The van der Waals surface area contributed by atoms with Gasteiger partial charge in [0.05, 0.1) is 20.0 Å². The van der Waals surface area contributed by atoms with E-state index in [2.05, 4.69) is 20.8 Å². The molecule has 0 aliphatic rings. The summed E-state index contributed by atoms with van der Waals surface area (Å²) in [4.78, 5) is 24.1. The summed E-state index contributed by atoms with van der Waals surface area (Å²) >= 11 is 2.48. The average molecular weight is 411 g/mol. The number of rotatable bonds is 7. The minimum absolute atomic E-state index is 0.138. The minimum atomic E-state index is -0.516. The maximum Gasteiger partial charge on any atom is 0.234 e. The highest BCUT2D eigenvalue weighted by atomic mass is 32.2. The fraction of sp³-hybridized carbons (Fsp3) is 0.412. The maximum atomic E-state index is 12.1. The smallest absolute Gasteiger partial charge is 0.234 e. The number of carbonyl (C=O) groups excluding carboxylic acids is 2. The van der Waals surface area contributed by atoms with Crippen LogP contribution in [-0.4, -0.2) is 42.0 Å². The molecule has 0 fully saturated rings. The highest BCUT2D eigenvalue weighted by Gasteiger charge is 2.22. The van der Waals surface area contributed by atoms with Gasteiger partial charge in [0.1, 0.15) is 0 Å². The molecule has 0 aliphatic heterocycles. The number of nitrogens with zero attached hydrogens (tertiary/aromatic N) is 2. The number of nitrogens with one attached hydrogen (secondary N) is 2. The molecule has 0 bridgehead atoms. The van der Waals surface area contributed by atoms with E-state index in [1.807, 2.05) is 20.8 Å². The number of benzene rings is 1. The predicted molar refractivity (Wildman–Crippen MR) is 107 cm³/mol. The number of hydrogen-bond acceptors (Lipinski definition) is 8. The molecular formula is C17H22N4O4S2. The van der Waals surface area contributed by atoms with Gasteiger partial charge in [-0.2, -0.15) is 0 Å². The van der Waals surface area contributed by atoms with Crippen molar-refractivity contribution in [2.24, 2.45) is 5.41 Å². The fourth-order valence-corrected chi connectivity index (χ4v) is 3.39. The molecule has 0 saturated heterocycles. The number of aromatic nitrogens is 2. The lowest BCUT2D eigenvalue weighted by Crippen LogP contribution is -2.27. The molecule has 10 heteroatoms. The minimum Gasteiger partial charge on any atom is -0.493 e. The Bertz CT molecular complexity index is 818. The number of thioether (sulfide) groups is 1. The molecule has 0 aliphatic carbocycles. The molecule has 2 N–H and O–H groups in total. The van der Waals surface area contributed by atoms with Gasteiger partial charge in [0.15, 0.2) is 15.8 Å². The van der Waals surface area contributed by atoms with Gasteiger partial charge < -0.3 is 20.1 Å². The highest BCUT2D eigenvalue weighted by Crippen LogP contribution is 2.30. The van der Waals surface area contributed by atoms with E-state index in [9.17, 15) is 9.59 Å². The van der Waals surface area contributed by atoms with Crippen LogP contribution in [-0.2, 0) is 9.59 Å². The molecule has 8 nitrogen and oxygen atoms in total. The Morgan fingerprint density at radius 1 is 1.11 bits per heavy atom. The Hall–Kier alpha value is -2.33. The highest BCUT2D eigenvalue weighted by molar-refractivity contribution is 8.01. The molecule has 1 aromatic heterocycles. The second-order valence-electron chi connectivity index (χ2n) is 6.48. The lowest BCUT2D eigenvalue weighted by Gasteiger charge is -2.15. The molecule has 0 atom stereocenters. The molecule has 0 unspecified atom stereocenters. The predicted octanol–water partition coefficient (Wildman–Crippen LogP) is 3.27. The van der Waals surface area contributed by atoms with Crippen LogP contribution < -0.4 is 20.1 Å². The van der Waals surface area contributed by atoms with Gasteiger partial charge in [0, 0.05) is 17.2 Å². The summed E-state index contributed by atoms with van der Waals surface area (Å²) in [5, 5.41) is 13.8. The number of methoxy groups -OCH3 is 2. The van der Waals surface area contributed by atoms with Crippen LogP contribution in [0.5, 0.6) is 11.5 Å². The number of carbonyl (C=O) groups is 2. The van der Waals surface area contributed by atoms with Gasteiger partial charge in [-0.05, 0) is 12.1 Å². The lowest BCUT2D eigenvalue weighted by atomic mass is 9.96. The third-order valence-electron chi connectivity index (χ3n) is 3.30. The van der Waals surface area contributed by atoms with Crippen molar-refractivity contribution < 1.29 is 19.1 Å². The molecule has 0 spiro atoms. The maximum absolute atomic E-state index is 12.1. The topological polar surface area (TPSA) is 102 Å². The van der Waals surface area contributed by atoms with Gasteiger partial charge in [0.25, 0.3) is 0 Å². The monoisotopic (exact) mass is 410 g/mol. The summed E-state index contributed by atoms with van der Waals surface area (Å²) in [5.41, 5.74) is 0.0896. The third kappa shape index (κ3) is 6.10. The van der Waals surface area contributed by atoms with E-state index in [1.54, 1.807) is 25.3 Å². The first-order valence-corrected chi connectivity index (χ1v) is 9.82. The van der Waals surface area contributed by atoms with Crippen molar-refractivity contribution in [3.05, 3.63) is 18.2 Å². The van der Waals surface area contributed by atoms with Crippen LogP contribution in [0.2, 0.25) is 0 Å². The molecule has 0 radical (unpaired) electrons. The SMILES string of the molecule is COc1ccc(NC(=O)CSc2nnc(NC(=O)C(C)(C)C)s2)cc1OC. The van der Waals surface area contributed by atoms with Gasteiger partial charge >= 0.3 is 0 Å². The van der Waals surface area contributed by atoms with E-state index in [4.69, 9.17) is 9.47 Å². The van der Waals surface area contributed by atoms with E-state index < -0.39 is 5.41 Å². The van der Waals surface area contributed by atoms with E-state index >= 15 is 0 Å². The van der Waals surface area contributed by atoms with E-state index in [0.29, 0.717) is 26.7 Å². The second-order valence-corrected chi connectivity index (χ2v) is 8.68. The molecule has 2 rings (SSSR count). The van der Waals surface area contributed by atoms with Crippen molar-refractivity contribution in [1.29, 1.82) is 0 Å². The Morgan fingerprint density at radius 2 is 1.81 bits per heavy atom. The lowest BCUT2D eigenvalue weighted by molar-refractivity contribution is -0.123. The summed E-state index contributed by atoms with van der Waals surface area (Å²) in [6, 6.07) is 5.14. The summed E-state index contributed by atoms with van der Waals surface area (Å²) in [7, 11) is 3.08. The van der Waals surface area contributed by atoms with Crippen LogP contribution in [0.3, 0.4) is 0 Å². The van der Waals surface area contributed by atoms with Gasteiger partial charge in [0.2, 0.25) is 16.9 Å². The first-order valence-electron chi connectivity index (χ1n) is 8.02. The van der Waals surface area contributed by atoms with Crippen LogP contribution in [0, 0.1) is 5.41 Å². The van der Waals surface area contributed by atoms with Crippen molar-refractivity contribution in [3.63, 3.8) is 0 Å². The van der Waals surface area contributed by atoms with Crippen LogP contribution in [0.1, 0.15) is 20.8 Å². The molecule has 146 valence electrons. The summed E-state index contributed by atoms with van der Waals surface area (Å²) in [6.07, 6.45) is 0. The average Bonchev–Trinajstić information content (AvgIpc) is 3.06. The van der Waals surface area contributed by atoms with Crippen molar-refractivity contribution in [2.45, 2.75) is 25.1 Å². The van der Waals surface area contributed by atoms with E-state index in [1.165, 1.54) is 30.2 Å². The van der Waals surface area contributed by atoms with Crippen molar-refractivity contribution in [2.75, 3.05) is 30.6 Å². The zero-order chi connectivity index (χ0) is 20.0. The van der Waals surface area contributed by atoms with E-state index in [0.717, 1.165) is 0 Å². The zero-order valence-corrected chi connectivity index (χ0v) is 17.4. The van der Waals surface area contributed by atoms with Crippen LogP contribution in [0.15, 0.2) is 22.5 Å². The molecule has 0 saturated carbocycles. The largest absolute Gasteiger partial charge is 0.493 e. The fourth-order valence-electron chi connectivity index (χ4n) is 1.84. The number of ether oxygens (including phenoxy) is 2.